The van der Waals surface area contributed by atoms with Crippen molar-refractivity contribution in [3.05, 3.63) is 11.1 Å². The molecule has 1 heterocycles. The van der Waals surface area contributed by atoms with Crippen molar-refractivity contribution in [1.82, 2.24) is 15.5 Å². The first-order chi connectivity index (χ1) is 10.2. The molecule has 124 valence electrons. The minimum Gasteiger partial charge on any atom is -0.374 e. The van der Waals surface area contributed by atoms with E-state index < -0.39 is 23.9 Å². The highest BCUT2D eigenvalue weighted by Gasteiger charge is 2.24. The van der Waals surface area contributed by atoms with Gasteiger partial charge in [-0.1, -0.05) is 13.8 Å². The number of nitrogens with zero attached hydrogens (tertiary/aromatic N) is 1. The second-order valence-corrected chi connectivity index (χ2v) is 6.53. The molecule has 0 saturated carbocycles. The predicted molar refractivity (Wildman–Crippen MR) is 85.4 cm³/mol. The Kier molecular flexibility index (Phi) is 6.54. The molecule has 0 spiro atoms. The molecule has 1 aliphatic heterocycles. The van der Waals surface area contributed by atoms with Crippen molar-refractivity contribution in [3.63, 3.8) is 0 Å². The summed E-state index contributed by atoms with van der Waals surface area (Å²) in [4.78, 5) is 35.5. The molecule has 0 bridgehead atoms. The largest absolute Gasteiger partial charge is 0.374 e. The maximum Gasteiger partial charge on any atom is 0.318 e. The Morgan fingerprint density at radius 2 is 2.05 bits per heavy atom. The molecule has 0 fully saturated rings. The molecule has 2 atom stereocenters. The van der Waals surface area contributed by atoms with Crippen LogP contribution >= 0.6 is 11.8 Å². The quantitative estimate of drug-likeness (QED) is 0.501. The molecular weight excluding hydrogens is 306 g/mol. The lowest BCUT2D eigenvalue weighted by Crippen LogP contribution is -2.51. The van der Waals surface area contributed by atoms with Crippen molar-refractivity contribution in [3.8, 4) is 0 Å². The van der Waals surface area contributed by atoms with E-state index in [0.717, 1.165) is 5.70 Å². The maximum absolute atomic E-state index is 12.0. The maximum atomic E-state index is 12.0. The van der Waals surface area contributed by atoms with Crippen molar-refractivity contribution in [2.45, 2.75) is 31.7 Å². The number of nitrogens with two attached hydrogens (primary N) is 2. The van der Waals surface area contributed by atoms with Crippen LogP contribution in [0.25, 0.3) is 0 Å². The zero-order chi connectivity index (χ0) is 16.9. The zero-order valence-corrected chi connectivity index (χ0v) is 13.8. The van der Waals surface area contributed by atoms with Crippen molar-refractivity contribution in [1.29, 1.82) is 0 Å². The Balaban J connectivity index is 2.51. The Labute approximate surface area is 134 Å². The highest BCUT2D eigenvalue weighted by Crippen LogP contribution is 2.26. The van der Waals surface area contributed by atoms with Crippen molar-refractivity contribution in [2.75, 3.05) is 13.6 Å². The molecule has 4 amide bonds. The molecule has 0 radical (unpaired) electrons. The topological polar surface area (TPSA) is 131 Å². The normalized spacial score (nSPS) is 18.4. The van der Waals surface area contributed by atoms with E-state index in [-0.39, 0.29) is 6.42 Å². The number of carbonyl (C=O) groups is 3. The highest BCUT2D eigenvalue weighted by atomic mass is 32.2. The van der Waals surface area contributed by atoms with Crippen molar-refractivity contribution >= 4 is 29.6 Å². The van der Waals surface area contributed by atoms with Gasteiger partial charge in [-0.15, -0.1) is 11.8 Å². The summed E-state index contributed by atoms with van der Waals surface area (Å²) in [5.74, 6) is -1.04. The molecule has 22 heavy (non-hydrogen) atoms. The molecule has 0 saturated heterocycles. The van der Waals surface area contributed by atoms with Crippen LogP contribution in [0.4, 0.5) is 4.79 Å². The summed E-state index contributed by atoms with van der Waals surface area (Å²) in [6, 6.07) is -1.60. The Morgan fingerprint density at radius 3 is 2.50 bits per heavy atom. The molecule has 1 aliphatic rings. The number of amides is 4. The first-order valence-corrected chi connectivity index (χ1v) is 7.85. The molecule has 1 rings (SSSR count). The summed E-state index contributed by atoms with van der Waals surface area (Å²) < 4.78 is 0. The summed E-state index contributed by atoms with van der Waals surface area (Å²) in [7, 11) is 1.59. The SMILES string of the molecule is CC(C)C1NC(CN(C)C(=O)NC(CC(N)=O)C(N)=O)=CS1. The van der Waals surface area contributed by atoms with Gasteiger partial charge >= 0.3 is 6.03 Å². The predicted octanol–water partition coefficient (Wildman–Crippen LogP) is -0.483. The molecule has 0 aromatic carbocycles. The molecule has 2 unspecified atom stereocenters. The fourth-order valence-corrected chi connectivity index (χ4v) is 2.81. The minimum absolute atomic E-state index is 0.291. The van der Waals surface area contributed by atoms with E-state index in [1.54, 1.807) is 18.8 Å². The van der Waals surface area contributed by atoms with Gasteiger partial charge in [-0.3, -0.25) is 9.59 Å². The average Bonchev–Trinajstić information content (AvgIpc) is 2.85. The number of hydrogen-bond acceptors (Lipinski definition) is 5. The van der Waals surface area contributed by atoms with Gasteiger partial charge in [-0.05, 0) is 11.3 Å². The van der Waals surface area contributed by atoms with Crippen LogP contribution in [0.15, 0.2) is 11.1 Å². The fraction of sp³-hybridized carbons (Fsp3) is 0.615. The standard InChI is InChI=1S/C13H23N5O3S/c1-7(2)12-16-8(6-22-12)5-18(3)13(21)17-9(11(15)20)4-10(14)19/h6-7,9,12,16H,4-5H2,1-3H3,(H2,14,19)(H2,15,20)(H,17,21). The van der Waals surface area contributed by atoms with Gasteiger partial charge in [0.2, 0.25) is 11.8 Å². The number of likely N-dealkylation sites (N-methyl/N-ethyl adjacent to an activating group) is 1. The van der Waals surface area contributed by atoms with Crippen molar-refractivity contribution < 1.29 is 14.4 Å². The van der Waals surface area contributed by atoms with Gasteiger partial charge in [0.15, 0.2) is 0 Å². The molecule has 0 aromatic heterocycles. The third kappa shape index (κ3) is 5.47. The summed E-state index contributed by atoms with van der Waals surface area (Å²) in [5.41, 5.74) is 11.1. The van der Waals surface area contributed by atoms with Crippen LogP contribution in [0.3, 0.4) is 0 Å². The lowest BCUT2D eigenvalue weighted by Gasteiger charge is -2.23. The van der Waals surface area contributed by atoms with Crippen molar-refractivity contribution in [2.24, 2.45) is 17.4 Å². The van der Waals surface area contributed by atoms with E-state index in [4.69, 9.17) is 11.5 Å². The third-order valence-electron chi connectivity index (χ3n) is 3.09. The third-order valence-corrected chi connectivity index (χ3v) is 4.47. The zero-order valence-electron chi connectivity index (χ0n) is 13.0. The van der Waals surface area contributed by atoms with Crippen LogP contribution in [-0.2, 0) is 9.59 Å². The minimum atomic E-state index is -1.10. The van der Waals surface area contributed by atoms with E-state index in [1.165, 1.54) is 4.90 Å². The number of urea groups is 1. The first kappa shape index (κ1) is 18.1. The Morgan fingerprint density at radius 1 is 1.41 bits per heavy atom. The number of rotatable bonds is 7. The van der Waals surface area contributed by atoms with Gasteiger partial charge in [0.1, 0.15) is 6.04 Å². The van der Waals surface area contributed by atoms with Crippen LogP contribution in [-0.4, -0.2) is 47.8 Å². The van der Waals surface area contributed by atoms with E-state index in [9.17, 15) is 14.4 Å². The number of thioether (sulfide) groups is 1. The monoisotopic (exact) mass is 329 g/mol. The Hall–Kier alpha value is -1.90. The molecule has 8 nitrogen and oxygen atoms in total. The van der Waals surface area contributed by atoms with Gasteiger partial charge in [-0.25, -0.2) is 4.79 Å². The first-order valence-electron chi connectivity index (χ1n) is 6.91. The summed E-state index contributed by atoms with van der Waals surface area (Å²) in [6.45, 7) is 4.59. The second-order valence-electron chi connectivity index (χ2n) is 5.52. The van der Waals surface area contributed by atoms with E-state index in [1.807, 2.05) is 5.41 Å². The summed E-state index contributed by atoms with van der Waals surface area (Å²) in [5, 5.41) is 7.99. The molecule has 9 heteroatoms. The van der Waals surface area contributed by atoms with E-state index in [0.29, 0.717) is 17.8 Å². The van der Waals surface area contributed by atoms with E-state index >= 15 is 0 Å². The molecule has 0 aromatic rings. The molecule has 6 N–H and O–H groups in total. The van der Waals surface area contributed by atoms with Crippen LogP contribution < -0.4 is 22.1 Å². The van der Waals surface area contributed by atoms with Gasteiger partial charge in [0, 0.05) is 12.7 Å². The summed E-state index contributed by atoms with van der Waals surface area (Å²) >= 11 is 1.67. The fourth-order valence-electron chi connectivity index (χ4n) is 1.82. The smallest absolute Gasteiger partial charge is 0.318 e. The lowest BCUT2D eigenvalue weighted by atomic mass is 10.2. The van der Waals surface area contributed by atoms with E-state index in [2.05, 4.69) is 24.5 Å². The summed E-state index contributed by atoms with van der Waals surface area (Å²) in [6.07, 6.45) is -0.318. The Bertz CT molecular complexity index is 480. The van der Waals surface area contributed by atoms with Gasteiger partial charge in [0.05, 0.1) is 18.3 Å². The number of primary amides is 2. The number of hydrogen-bond donors (Lipinski definition) is 4. The van der Waals surface area contributed by atoms with Gasteiger partial charge in [0.25, 0.3) is 0 Å². The van der Waals surface area contributed by atoms with Gasteiger partial charge in [-0.2, -0.15) is 0 Å². The molecule has 0 aliphatic carbocycles. The van der Waals surface area contributed by atoms with Crippen LogP contribution in [0.5, 0.6) is 0 Å². The second kappa shape index (κ2) is 7.92. The van der Waals surface area contributed by atoms with Gasteiger partial charge < -0.3 is 27.0 Å². The van der Waals surface area contributed by atoms with Crippen LogP contribution in [0, 0.1) is 5.92 Å². The lowest BCUT2D eigenvalue weighted by molar-refractivity contribution is -0.124. The average molecular weight is 329 g/mol. The van der Waals surface area contributed by atoms with Crippen LogP contribution in [0.2, 0.25) is 0 Å². The molecular formula is C13H23N5O3S. The number of carbonyl (C=O) groups excluding carboxylic acids is 3. The number of nitrogens with one attached hydrogen (secondary N) is 2. The van der Waals surface area contributed by atoms with Crippen LogP contribution in [0.1, 0.15) is 20.3 Å². The highest BCUT2D eigenvalue weighted by molar-refractivity contribution is 8.02.